The molecule has 0 heterocycles. The molecule has 0 saturated heterocycles. The molecule has 0 radical (unpaired) electrons. The van der Waals surface area contributed by atoms with Crippen molar-refractivity contribution in [3.05, 3.63) is 106 Å². The van der Waals surface area contributed by atoms with E-state index in [0.29, 0.717) is 29.6 Å². The molecule has 0 aliphatic heterocycles. The van der Waals surface area contributed by atoms with Gasteiger partial charge in [-0.15, -0.1) is 0 Å². The van der Waals surface area contributed by atoms with Gasteiger partial charge in [0.1, 0.15) is 6.04 Å². The summed E-state index contributed by atoms with van der Waals surface area (Å²) in [5, 5.41) is 4.19. The molecule has 1 N–H and O–H groups in total. The minimum Gasteiger partial charge on any atom is -0.354 e. The maximum absolute atomic E-state index is 13.7. The Labute approximate surface area is 211 Å². The normalized spacial score (nSPS) is 11.6. The minimum absolute atomic E-state index is 0.112. The van der Waals surface area contributed by atoms with Crippen molar-refractivity contribution in [2.75, 3.05) is 6.54 Å². The van der Waals surface area contributed by atoms with Crippen molar-refractivity contribution in [3.63, 3.8) is 0 Å². The first-order chi connectivity index (χ1) is 16.5. The van der Waals surface area contributed by atoms with Crippen LogP contribution in [-0.2, 0) is 29.0 Å². The van der Waals surface area contributed by atoms with E-state index in [1.807, 2.05) is 60.7 Å². The van der Waals surface area contributed by atoms with E-state index in [1.165, 1.54) is 0 Å². The number of carbonyl (C=O) groups is 2. The van der Waals surface area contributed by atoms with Gasteiger partial charge in [-0.1, -0.05) is 97.2 Å². The van der Waals surface area contributed by atoms with Crippen molar-refractivity contribution < 1.29 is 9.59 Å². The van der Waals surface area contributed by atoms with Crippen molar-refractivity contribution >= 4 is 35.0 Å². The second-order valence-corrected chi connectivity index (χ2v) is 9.11. The summed E-state index contributed by atoms with van der Waals surface area (Å²) in [4.78, 5) is 28.7. The molecule has 2 amide bonds. The summed E-state index contributed by atoms with van der Waals surface area (Å²) in [5.74, 6) is -0.312. The van der Waals surface area contributed by atoms with Crippen LogP contribution < -0.4 is 5.32 Å². The number of amides is 2. The van der Waals surface area contributed by atoms with Gasteiger partial charge in [0.25, 0.3) is 0 Å². The van der Waals surface area contributed by atoms with E-state index in [-0.39, 0.29) is 18.2 Å². The molecule has 0 aliphatic carbocycles. The third-order valence-electron chi connectivity index (χ3n) is 5.67. The lowest BCUT2D eigenvalue weighted by atomic mass is 10.0. The Kier molecular flexibility index (Phi) is 9.99. The van der Waals surface area contributed by atoms with Crippen LogP contribution in [0.2, 0.25) is 10.0 Å². The molecular formula is C28H30Cl2N2O2. The maximum Gasteiger partial charge on any atom is 0.243 e. The summed E-state index contributed by atoms with van der Waals surface area (Å²) >= 11 is 12.4. The number of unbranched alkanes of at least 4 members (excludes halogenated alkanes) is 1. The molecule has 6 heteroatoms. The molecule has 0 fully saturated rings. The van der Waals surface area contributed by atoms with Crippen LogP contribution in [0.1, 0.15) is 36.5 Å². The van der Waals surface area contributed by atoms with E-state index in [9.17, 15) is 9.59 Å². The highest BCUT2D eigenvalue weighted by Crippen LogP contribution is 2.21. The number of hydrogen-bond donors (Lipinski definition) is 1. The first-order valence-corrected chi connectivity index (χ1v) is 12.3. The number of halogens is 2. The second kappa shape index (κ2) is 13.2. The van der Waals surface area contributed by atoms with Gasteiger partial charge in [-0.3, -0.25) is 9.59 Å². The highest BCUT2D eigenvalue weighted by Gasteiger charge is 2.30. The van der Waals surface area contributed by atoms with Crippen molar-refractivity contribution in [2.45, 2.75) is 45.2 Å². The monoisotopic (exact) mass is 496 g/mol. The first kappa shape index (κ1) is 25.8. The molecule has 0 aliphatic rings. The third-order valence-corrected chi connectivity index (χ3v) is 6.29. The lowest BCUT2D eigenvalue weighted by Gasteiger charge is -2.32. The van der Waals surface area contributed by atoms with Crippen molar-refractivity contribution in [3.8, 4) is 0 Å². The van der Waals surface area contributed by atoms with Crippen molar-refractivity contribution in [1.82, 2.24) is 10.2 Å². The van der Waals surface area contributed by atoms with Crippen LogP contribution in [0.4, 0.5) is 0 Å². The highest BCUT2D eigenvalue weighted by molar-refractivity contribution is 6.31. The van der Waals surface area contributed by atoms with E-state index in [0.717, 1.165) is 29.5 Å². The topological polar surface area (TPSA) is 49.4 Å². The van der Waals surface area contributed by atoms with Gasteiger partial charge in [-0.25, -0.2) is 0 Å². The van der Waals surface area contributed by atoms with Gasteiger partial charge in [0.05, 0.1) is 6.42 Å². The van der Waals surface area contributed by atoms with Gasteiger partial charge in [0, 0.05) is 29.6 Å². The Balaban J connectivity index is 1.94. The fourth-order valence-corrected chi connectivity index (χ4v) is 4.08. The van der Waals surface area contributed by atoms with Crippen molar-refractivity contribution in [2.24, 2.45) is 0 Å². The number of rotatable bonds is 11. The van der Waals surface area contributed by atoms with Crippen LogP contribution in [0.15, 0.2) is 78.9 Å². The Morgan fingerprint density at radius 2 is 1.56 bits per heavy atom. The molecule has 0 bridgehead atoms. The average molecular weight is 497 g/mol. The van der Waals surface area contributed by atoms with E-state index < -0.39 is 6.04 Å². The van der Waals surface area contributed by atoms with E-state index in [1.54, 1.807) is 23.1 Å². The summed E-state index contributed by atoms with van der Waals surface area (Å²) in [6, 6.07) is 23.8. The van der Waals surface area contributed by atoms with Crippen LogP contribution >= 0.6 is 23.2 Å². The molecule has 0 saturated carbocycles. The Morgan fingerprint density at radius 1 is 0.882 bits per heavy atom. The lowest BCUT2D eigenvalue weighted by molar-refractivity contribution is -0.140. The molecule has 0 aromatic heterocycles. The van der Waals surface area contributed by atoms with E-state index in [4.69, 9.17) is 23.2 Å². The molecule has 0 unspecified atom stereocenters. The molecule has 3 aromatic rings. The molecule has 178 valence electrons. The zero-order valence-corrected chi connectivity index (χ0v) is 20.9. The third kappa shape index (κ3) is 7.61. The number of hydrogen-bond acceptors (Lipinski definition) is 2. The van der Waals surface area contributed by atoms with Gasteiger partial charge in [-0.2, -0.15) is 0 Å². The van der Waals surface area contributed by atoms with Gasteiger partial charge < -0.3 is 10.2 Å². The largest absolute Gasteiger partial charge is 0.354 e. The summed E-state index contributed by atoms with van der Waals surface area (Å²) in [7, 11) is 0. The molecule has 3 rings (SSSR count). The summed E-state index contributed by atoms with van der Waals surface area (Å²) in [6.45, 7) is 2.95. The van der Waals surface area contributed by atoms with Crippen LogP contribution in [0.3, 0.4) is 0 Å². The SMILES string of the molecule is CCCCNC(=O)[C@@H](Cc1ccccc1)N(Cc1ccc(Cl)cc1)C(=O)Cc1ccccc1Cl. The summed E-state index contributed by atoms with van der Waals surface area (Å²) in [5.41, 5.74) is 2.63. The smallest absolute Gasteiger partial charge is 0.243 e. The fourth-order valence-electron chi connectivity index (χ4n) is 3.75. The quantitative estimate of drug-likeness (QED) is 0.326. The Bertz CT molecular complexity index is 1070. The number of nitrogens with one attached hydrogen (secondary N) is 1. The van der Waals surface area contributed by atoms with Gasteiger partial charge in [0.2, 0.25) is 11.8 Å². The predicted molar refractivity (Wildman–Crippen MR) is 139 cm³/mol. The molecule has 34 heavy (non-hydrogen) atoms. The number of nitrogens with zero attached hydrogens (tertiary/aromatic N) is 1. The summed E-state index contributed by atoms with van der Waals surface area (Å²) in [6.07, 6.45) is 2.39. The molecule has 1 atom stereocenters. The predicted octanol–water partition coefficient (Wildman–Crippen LogP) is 6.09. The van der Waals surface area contributed by atoms with Gasteiger partial charge in [-0.05, 0) is 41.3 Å². The zero-order valence-electron chi connectivity index (χ0n) is 19.3. The first-order valence-electron chi connectivity index (χ1n) is 11.6. The minimum atomic E-state index is -0.662. The Morgan fingerprint density at radius 3 is 2.24 bits per heavy atom. The van der Waals surface area contributed by atoms with Crippen LogP contribution in [0.25, 0.3) is 0 Å². The van der Waals surface area contributed by atoms with E-state index >= 15 is 0 Å². The molecule has 0 spiro atoms. The molecule has 3 aromatic carbocycles. The van der Waals surface area contributed by atoms with Crippen LogP contribution in [0, 0.1) is 0 Å². The Hall–Kier alpha value is -2.82. The van der Waals surface area contributed by atoms with Crippen LogP contribution in [0.5, 0.6) is 0 Å². The maximum atomic E-state index is 13.7. The lowest BCUT2D eigenvalue weighted by Crippen LogP contribution is -2.51. The van der Waals surface area contributed by atoms with Gasteiger partial charge in [0.15, 0.2) is 0 Å². The molecular weight excluding hydrogens is 467 g/mol. The van der Waals surface area contributed by atoms with Gasteiger partial charge >= 0.3 is 0 Å². The molecule has 4 nitrogen and oxygen atoms in total. The second-order valence-electron chi connectivity index (χ2n) is 8.27. The number of benzene rings is 3. The van der Waals surface area contributed by atoms with Crippen LogP contribution in [-0.4, -0.2) is 29.3 Å². The van der Waals surface area contributed by atoms with E-state index in [2.05, 4.69) is 12.2 Å². The average Bonchev–Trinajstić information content (AvgIpc) is 2.84. The number of carbonyl (C=O) groups excluding carboxylic acids is 2. The fraction of sp³-hybridized carbons (Fsp3) is 0.286. The van der Waals surface area contributed by atoms with Crippen molar-refractivity contribution in [1.29, 1.82) is 0 Å². The summed E-state index contributed by atoms with van der Waals surface area (Å²) < 4.78 is 0. The zero-order chi connectivity index (χ0) is 24.3. The standard InChI is InChI=1S/C28H30Cl2N2O2/c1-2-3-17-31-28(34)26(18-21-9-5-4-6-10-21)32(20-22-13-15-24(29)16-14-22)27(33)19-23-11-7-8-12-25(23)30/h4-16,26H,2-3,17-20H2,1H3,(H,31,34)/t26-/m1/s1. The highest BCUT2D eigenvalue weighted by atomic mass is 35.5.